The first-order valence-electron chi connectivity index (χ1n) is 10.1. The van der Waals surface area contributed by atoms with E-state index in [4.69, 9.17) is 11.6 Å². The van der Waals surface area contributed by atoms with Gasteiger partial charge in [0, 0.05) is 22.7 Å². The van der Waals surface area contributed by atoms with Crippen LogP contribution in [0.5, 0.6) is 0 Å². The molecule has 0 unspecified atom stereocenters. The highest BCUT2D eigenvalue weighted by Gasteiger charge is 2.31. The molecule has 1 amide bonds. The van der Waals surface area contributed by atoms with Gasteiger partial charge in [-0.15, -0.1) is 0 Å². The van der Waals surface area contributed by atoms with Crippen LogP contribution in [-0.4, -0.2) is 29.2 Å². The number of hydrogen-bond acceptors (Lipinski definition) is 3. The Morgan fingerprint density at radius 2 is 1.67 bits per heavy atom. The number of anilines is 1. The van der Waals surface area contributed by atoms with E-state index in [2.05, 4.69) is 22.3 Å². The Hall–Kier alpha value is -2.95. The van der Waals surface area contributed by atoms with E-state index in [1.807, 2.05) is 36.4 Å². The minimum absolute atomic E-state index is 0.104. The molecule has 0 aromatic heterocycles. The van der Waals surface area contributed by atoms with Gasteiger partial charge in [0.25, 0.3) is 0 Å². The van der Waals surface area contributed by atoms with E-state index >= 15 is 0 Å². The number of carbonyl (C=O) groups is 2. The van der Waals surface area contributed by atoms with Gasteiger partial charge in [-0.25, -0.2) is 0 Å². The minimum atomic E-state index is -0.233. The van der Waals surface area contributed by atoms with Gasteiger partial charge < -0.3 is 5.32 Å². The average Bonchev–Trinajstić information content (AvgIpc) is 3.23. The molecule has 1 atom stereocenters. The lowest BCUT2D eigenvalue weighted by Gasteiger charge is -2.24. The molecule has 4 nitrogen and oxygen atoms in total. The maximum atomic E-state index is 13.1. The van der Waals surface area contributed by atoms with Crippen LogP contribution < -0.4 is 5.32 Å². The van der Waals surface area contributed by atoms with E-state index in [0.29, 0.717) is 21.8 Å². The van der Waals surface area contributed by atoms with Crippen molar-refractivity contribution in [1.29, 1.82) is 0 Å². The third kappa shape index (κ3) is 4.61. The van der Waals surface area contributed by atoms with Crippen LogP contribution in [0.15, 0.2) is 78.9 Å². The van der Waals surface area contributed by atoms with Crippen LogP contribution in [0.25, 0.3) is 0 Å². The van der Waals surface area contributed by atoms with Crippen LogP contribution in [0.4, 0.5) is 5.69 Å². The molecule has 3 aromatic carbocycles. The molecule has 1 aliphatic heterocycles. The first kappa shape index (κ1) is 20.3. The number of nitrogens with zero attached hydrogens (tertiary/aromatic N) is 1. The Kier molecular flexibility index (Phi) is 6.26. The molecule has 0 saturated carbocycles. The number of likely N-dealkylation sites (tertiary alicyclic amines) is 1. The summed E-state index contributed by atoms with van der Waals surface area (Å²) in [7, 11) is 0. The number of benzene rings is 3. The van der Waals surface area contributed by atoms with Gasteiger partial charge in [-0.05, 0) is 43.1 Å². The molecule has 1 heterocycles. The standard InChI is InChI=1S/C25H23ClN2O2/c26-20-13-14-21(24(29)19-10-5-2-6-11-19)22(16-20)27-25(30)23-12-7-15-28(23)17-18-8-3-1-4-9-18/h1-6,8-11,13-14,16,23H,7,12,15,17H2,(H,27,30)/t23-/m0/s1. The van der Waals surface area contributed by atoms with Crippen molar-refractivity contribution in [1.82, 2.24) is 4.90 Å². The summed E-state index contributed by atoms with van der Waals surface area (Å²) in [6, 6.07) is 23.9. The summed E-state index contributed by atoms with van der Waals surface area (Å²) in [6.45, 7) is 1.60. The van der Waals surface area contributed by atoms with Crippen molar-refractivity contribution >= 4 is 29.0 Å². The van der Waals surface area contributed by atoms with Gasteiger partial charge in [0.2, 0.25) is 5.91 Å². The third-order valence-electron chi connectivity index (χ3n) is 5.41. The summed E-state index contributed by atoms with van der Waals surface area (Å²) in [5.74, 6) is -0.247. The van der Waals surface area contributed by atoms with Crippen molar-refractivity contribution in [2.45, 2.75) is 25.4 Å². The third-order valence-corrected chi connectivity index (χ3v) is 5.65. The lowest BCUT2D eigenvalue weighted by Crippen LogP contribution is -2.39. The fourth-order valence-electron chi connectivity index (χ4n) is 3.91. The SMILES string of the molecule is O=C(c1ccccc1)c1ccc(Cl)cc1NC(=O)[C@@H]1CCCN1Cc1ccccc1. The van der Waals surface area contributed by atoms with E-state index < -0.39 is 0 Å². The Bertz CT molecular complexity index is 1040. The number of carbonyl (C=O) groups excluding carboxylic acids is 2. The summed E-state index contributed by atoms with van der Waals surface area (Å²) in [6.07, 6.45) is 1.76. The number of hydrogen-bond donors (Lipinski definition) is 1. The molecule has 30 heavy (non-hydrogen) atoms. The molecule has 1 aliphatic rings. The Labute approximate surface area is 181 Å². The van der Waals surface area contributed by atoms with Crippen LogP contribution in [0.3, 0.4) is 0 Å². The van der Waals surface area contributed by atoms with E-state index in [1.54, 1.807) is 30.3 Å². The zero-order valence-electron chi connectivity index (χ0n) is 16.6. The molecule has 1 fully saturated rings. The van der Waals surface area contributed by atoms with Gasteiger partial charge >= 0.3 is 0 Å². The first-order chi connectivity index (χ1) is 14.6. The predicted octanol–water partition coefficient (Wildman–Crippen LogP) is 5.17. The van der Waals surface area contributed by atoms with Gasteiger partial charge in [-0.1, -0.05) is 72.3 Å². The zero-order valence-corrected chi connectivity index (χ0v) is 17.3. The highest BCUT2D eigenvalue weighted by molar-refractivity contribution is 6.31. The van der Waals surface area contributed by atoms with Crippen molar-refractivity contribution in [2.24, 2.45) is 0 Å². The maximum Gasteiger partial charge on any atom is 0.241 e. The molecule has 1 N–H and O–H groups in total. The van der Waals surface area contributed by atoms with Crippen LogP contribution in [0.1, 0.15) is 34.3 Å². The summed E-state index contributed by atoms with van der Waals surface area (Å²) >= 11 is 6.17. The predicted molar refractivity (Wildman–Crippen MR) is 120 cm³/mol. The summed E-state index contributed by atoms with van der Waals surface area (Å²) in [5, 5.41) is 3.45. The largest absolute Gasteiger partial charge is 0.324 e. The highest BCUT2D eigenvalue weighted by Crippen LogP contribution is 2.26. The van der Waals surface area contributed by atoms with E-state index in [1.165, 1.54) is 5.56 Å². The molecular formula is C25H23ClN2O2. The van der Waals surface area contributed by atoms with Gasteiger partial charge in [0.15, 0.2) is 5.78 Å². The summed E-state index contributed by atoms with van der Waals surface area (Å²) in [5.41, 5.74) is 2.64. The number of rotatable bonds is 6. The first-order valence-corrected chi connectivity index (χ1v) is 10.5. The number of ketones is 1. The van der Waals surface area contributed by atoms with Crippen molar-refractivity contribution in [2.75, 3.05) is 11.9 Å². The lowest BCUT2D eigenvalue weighted by molar-refractivity contribution is -0.120. The van der Waals surface area contributed by atoms with Crippen molar-refractivity contribution < 1.29 is 9.59 Å². The zero-order chi connectivity index (χ0) is 20.9. The Morgan fingerprint density at radius 1 is 0.967 bits per heavy atom. The van der Waals surface area contributed by atoms with Crippen LogP contribution in [0, 0.1) is 0 Å². The fourth-order valence-corrected chi connectivity index (χ4v) is 4.08. The topological polar surface area (TPSA) is 49.4 Å². The van der Waals surface area contributed by atoms with Crippen LogP contribution >= 0.6 is 11.6 Å². The smallest absolute Gasteiger partial charge is 0.241 e. The molecule has 0 radical (unpaired) electrons. The summed E-state index contributed by atoms with van der Waals surface area (Å²) < 4.78 is 0. The lowest BCUT2D eigenvalue weighted by atomic mass is 10.0. The van der Waals surface area contributed by atoms with E-state index in [-0.39, 0.29) is 17.7 Å². The quantitative estimate of drug-likeness (QED) is 0.561. The number of halogens is 1. The molecule has 0 spiro atoms. The molecule has 3 aromatic rings. The van der Waals surface area contributed by atoms with Crippen molar-refractivity contribution in [3.05, 3.63) is 101 Å². The van der Waals surface area contributed by atoms with Crippen LogP contribution in [0.2, 0.25) is 5.02 Å². The molecule has 5 heteroatoms. The Balaban J connectivity index is 1.54. The molecule has 4 rings (SSSR count). The molecule has 0 aliphatic carbocycles. The van der Waals surface area contributed by atoms with E-state index in [9.17, 15) is 9.59 Å². The number of nitrogens with one attached hydrogen (secondary N) is 1. The van der Waals surface area contributed by atoms with Gasteiger partial charge in [0.05, 0.1) is 11.7 Å². The van der Waals surface area contributed by atoms with Gasteiger partial charge in [-0.3, -0.25) is 14.5 Å². The monoisotopic (exact) mass is 418 g/mol. The second kappa shape index (κ2) is 9.24. The van der Waals surface area contributed by atoms with Crippen molar-refractivity contribution in [3.63, 3.8) is 0 Å². The molecule has 0 bridgehead atoms. The fraction of sp³-hybridized carbons (Fsp3) is 0.200. The highest BCUT2D eigenvalue weighted by atomic mass is 35.5. The van der Waals surface area contributed by atoms with E-state index in [0.717, 1.165) is 25.9 Å². The molecule has 152 valence electrons. The van der Waals surface area contributed by atoms with Crippen LogP contribution in [-0.2, 0) is 11.3 Å². The number of amides is 1. The minimum Gasteiger partial charge on any atom is -0.324 e. The van der Waals surface area contributed by atoms with Gasteiger partial charge in [-0.2, -0.15) is 0 Å². The average molecular weight is 419 g/mol. The maximum absolute atomic E-state index is 13.1. The molecule has 1 saturated heterocycles. The molecular weight excluding hydrogens is 396 g/mol. The van der Waals surface area contributed by atoms with Crippen molar-refractivity contribution in [3.8, 4) is 0 Å². The summed E-state index contributed by atoms with van der Waals surface area (Å²) in [4.78, 5) is 28.3. The van der Waals surface area contributed by atoms with Gasteiger partial charge in [0.1, 0.15) is 0 Å². The Morgan fingerprint density at radius 3 is 2.40 bits per heavy atom. The normalized spacial score (nSPS) is 16.4. The second-order valence-corrected chi connectivity index (χ2v) is 7.92. The second-order valence-electron chi connectivity index (χ2n) is 7.49.